The Morgan fingerprint density at radius 3 is 1.13 bits per heavy atom. The third-order valence-electron chi connectivity index (χ3n) is 24.0. The van der Waals surface area contributed by atoms with Gasteiger partial charge in [0, 0.05) is 29.8 Å². The number of rotatable bonds is 31. The summed E-state index contributed by atoms with van der Waals surface area (Å²) in [6.45, 7) is 27.0. The van der Waals surface area contributed by atoms with Crippen molar-refractivity contribution < 1.29 is 67.1 Å². The van der Waals surface area contributed by atoms with Gasteiger partial charge in [0.1, 0.15) is 72.5 Å². The number of nitrogens with one attached hydrogen (secondary N) is 11. The van der Waals surface area contributed by atoms with E-state index in [0.29, 0.717) is 105 Å². The number of nitrogens with two attached hydrogens (primary N) is 5. The molecule has 21 N–H and O–H groups in total. The molecule has 4 heterocycles. The molecule has 34 heteroatoms. The normalized spacial score (nSPS) is 24.3. The summed E-state index contributed by atoms with van der Waals surface area (Å²) in [5.74, 6) is -11.4. The van der Waals surface area contributed by atoms with E-state index in [1.807, 2.05) is 67.5 Å². The highest BCUT2D eigenvalue weighted by atomic mass is 32.1. The molecule has 0 radical (unpaired) electrons. The third kappa shape index (κ3) is 32.5. The Morgan fingerprint density at radius 2 is 0.719 bits per heavy atom. The van der Waals surface area contributed by atoms with Gasteiger partial charge in [-0.3, -0.25) is 67.1 Å². The van der Waals surface area contributed by atoms with Crippen LogP contribution < -0.4 is 87.2 Å². The first-order valence-corrected chi connectivity index (χ1v) is 48.4. The molecule has 128 heavy (non-hydrogen) atoms. The molecular formula is C94H152N18O14S2. The topological polar surface area (TPSA) is 508 Å². The number of allylic oxidation sites excluding steroid dienone is 2. The van der Waals surface area contributed by atoms with E-state index >= 15 is 28.8 Å². The zero-order valence-electron chi connectivity index (χ0n) is 78.5. The van der Waals surface area contributed by atoms with Crippen molar-refractivity contribution in [3.05, 3.63) is 78.7 Å². The second-order valence-electron chi connectivity index (χ2n) is 37.1. The Kier molecular flexibility index (Phi) is 45.4. The lowest BCUT2D eigenvalue weighted by atomic mass is 9.96. The standard InChI is InChI=1S/C94H152N18O14S2/c1-53(2)47-70-86(118)100-68(37-21-26-43-97)85(117)109-79(57(9)10)92(124)107-73(50-61-31-17-16-18-32-61)93(125)111(15)75(39-23-28-45-99)88(120)105-71(48-54(3)4)87(119)101-69(38-22-27-44-98)84(116)108-78(56(7)8)90(122)103-67(36-20-25-42-96)83(115)106-72(49-55(5)6)94(126)112-46-30-40-74(112)81(113)76-51-64(59(13)127-76)62-33-29-34-63(62)65-52-77(128-60(65)14)89(121)110-80(58(11)12)91(123)102-66(82(114)104-70)35-19-24-41-95/h16-18,31-32,51-58,66-75,78-80H,19-30,33-50,95-99H2,1-15H3,(H,100,118)(H,101,119)(H,102,123)(H,103,122)(H,104,114)(H,105,120)(H,106,115)(H,107,124)(H,108,116)(H,109,117)(H,110,121)/t66-,67-,68-,69-,70-,71-,72-,73+,74+,75-,78-,79-,80-/m0/s1. The Balaban J connectivity index is 1.46. The van der Waals surface area contributed by atoms with E-state index in [4.69, 9.17) is 28.7 Å². The van der Waals surface area contributed by atoms with E-state index in [-0.39, 0.29) is 121 Å². The van der Waals surface area contributed by atoms with Crippen LogP contribution in [0.3, 0.4) is 0 Å². The summed E-state index contributed by atoms with van der Waals surface area (Å²) in [7, 11) is 1.42. The summed E-state index contributed by atoms with van der Waals surface area (Å²) >= 11 is 2.62. The SMILES string of the molecule is Cc1sc2cc1C1=C(CCC1)c1cc(sc1C)C(=O)[C@H]1CCCN1C(=O)[C@H](CC(C)C)NC(=O)[C@H](CCCCN)NC(=O)[C@H](C(C)C)NC(=O)[C@H](CCCCN)NC(=O)[C@H](CC(C)C)NC(=O)[C@H](CCCCN)N(C)C(=O)[C@@H](Cc1ccccc1)NC(=O)[C@H](C(C)C)NC(=O)[C@H](CCCCN)NC(=O)[C@H](CC(C)C)NC(=O)[C@H](CCCCN)NC(=O)[C@H](C(C)C)NC2=O. The Hall–Kier alpha value is -9.06. The summed E-state index contributed by atoms with van der Waals surface area (Å²) in [4.78, 5) is 216. The van der Waals surface area contributed by atoms with Crippen LogP contribution in [-0.2, 0) is 64.0 Å². The molecule has 2 aromatic heterocycles. The molecule has 32 nitrogen and oxygen atoms in total. The molecule has 13 atom stereocenters. The van der Waals surface area contributed by atoms with E-state index in [2.05, 4.69) is 58.5 Å². The van der Waals surface area contributed by atoms with Crippen LogP contribution in [0.2, 0.25) is 0 Å². The van der Waals surface area contributed by atoms with Crippen LogP contribution in [0.1, 0.15) is 277 Å². The Morgan fingerprint density at radius 1 is 0.375 bits per heavy atom. The van der Waals surface area contributed by atoms with Gasteiger partial charge in [-0.25, -0.2) is 0 Å². The number of ketones is 1. The third-order valence-corrected chi connectivity index (χ3v) is 26.1. The summed E-state index contributed by atoms with van der Waals surface area (Å²) in [6, 6.07) is -3.46. The van der Waals surface area contributed by atoms with Gasteiger partial charge in [0.2, 0.25) is 70.9 Å². The quantitative estimate of drug-likeness (QED) is 0.0307. The van der Waals surface area contributed by atoms with Gasteiger partial charge < -0.3 is 97.0 Å². The van der Waals surface area contributed by atoms with Gasteiger partial charge in [-0.05, 0) is 270 Å². The molecule has 0 unspecified atom stereocenters. The van der Waals surface area contributed by atoms with Gasteiger partial charge >= 0.3 is 0 Å². The minimum Gasteiger partial charge on any atom is -0.343 e. The average Bonchev–Trinajstić information content (AvgIpc) is 1.62. The highest BCUT2D eigenvalue weighted by Gasteiger charge is 2.44. The van der Waals surface area contributed by atoms with E-state index in [1.165, 1.54) is 34.6 Å². The van der Waals surface area contributed by atoms with Crippen LogP contribution in [0, 0.1) is 49.4 Å². The first-order chi connectivity index (χ1) is 60.8. The second-order valence-corrected chi connectivity index (χ2v) is 39.6. The number of amides is 13. The molecule has 4 bridgehead atoms. The van der Waals surface area contributed by atoms with Gasteiger partial charge in [0.05, 0.1) is 15.8 Å². The molecule has 0 spiro atoms. The van der Waals surface area contributed by atoms with Gasteiger partial charge in [0.15, 0.2) is 5.78 Å². The molecule has 2 aliphatic heterocycles. The molecule has 1 fully saturated rings. The minimum atomic E-state index is -1.38. The van der Waals surface area contributed by atoms with Crippen LogP contribution in [0.25, 0.3) is 11.1 Å². The largest absolute Gasteiger partial charge is 0.343 e. The lowest BCUT2D eigenvalue weighted by Crippen LogP contribution is -2.62. The second kappa shape index (κ2) is 53.9. The predicted octanol–water partition coefficient (Wildman–Crippen LogP) is 6.48. The summed E-state index contributed by atoms with van der Waals surface area (Å²) < 4.78 is 0. The van der Waals surface area contributed by atoms with Crippen molar-refractivity contribution in [2.45, 2.75) is 330 Å². The monoisotopic (exact) mass is 1820 g/mol. The highest BCUT2D eigenvalue weighted by molar-refractivity contribution is 7.14. The number of hydrogen-bond acceptors (Lipinski definition) is 21. The van der Waals surface area contributed by atoms with Crippen molar-refractivity contribution in [3.8, 4) is 0 Å². The van der Waals surface area contributed by atoms with Gasteiger partial charge in [-0.2, -0.15) is 0 Å². The molecule has 3 aliphatic rings. The molecule has 6 rings (SSSR count). The molecule has 714 valence electrons. The number of benzene rings is 1. The Bertz CT molecular complexity index is 4220. The number of unbranched alkanes of at least 4 members (excludes halogenated alkanes) is 5. The predicted molar refractivity (Wildman–Crippen MR) is 503 cm³/mol. The highest BCUT2D eigenvalue weighted by Crippen LogP contribution is 2.46. The van der Waals surface area contributed by atoms with Crippen LogP contribution in [0.15, 0.2) is 42.5 Å². The zero-order chi connectivity index (χ0) is 94.8. The zero-order valence-corrected chi connectivity index (χ0v) is 80.2. The lowest BCUT2D eigenvalue weighted by molar-refractivity contribution is -0.143. The lowest BCUT2D eigenvalue weighted by Gasteiger charge is -2.33. The fourth-order valence-corrected chi connectivity index (χ4v) is 18.8. The molecular weight excluding hydrogens is 1670 g/mol. The number of hydrogen-bond donors (Lipinski definition) is 16. The number of likely N-dealkylation sites (N-methyl/N-ethyl adjacent to an activating group) is 1. The van der Waals surface area contributed by atoms with Crippen molar-refractivity contribution >= 4 is 116 Å². The van der Waals surface area contributed by atoms with Crippen molar-refractivity contribution in [2.24, 2.45) is 64.2 Å². The van der Waals surface area contributed by atoms with Crippen molar-refractivity contribution in [3.63, 3.8) is 0 Å². The number of aryl methyl sites for hydroxylation is 2. The molecule has 1 saturated heterocycles. The average molecular weight is 1820 g/mol. The van der Waals surface area contributed by atoms with Crippen LogP contribution in [0.5, 0.6) is 0 Å². The molecule has 13 amide bonds. The first kappa shape index (κ1) is 108. The van der Waals surface area contributed by atoms with E-state index in [9.17, 15) is 38.4 Å². The molecule has 1 aliphatic carbocycles. The van der Waals surface area contributed by atoms with Gasteiger partial charge in [-0.1, -0.05) is 113 Å². The Labute approximate surface area is 766 Å². The smallest absolute Gasteiger partial charge is 0.262 e. The molecule has 3 aromatic rings. The summed E-state index contributed by atoms with van der Waals surface area (Å²) in [5.41, 5.74) is 34.3. The molecule has 1 aromatic carbocycles. The fraction of sp³-hybridized carbons (Fsp3) is 0.681. The number of Topliss-reactive ketones (excluding diaryl/α,β-unsaturated/α-hetero) is 1. The minimum absolute atomic E-state index is 0.0474. The number of nitrogens with zero attached hydrogens (tertiary/aromatic N) is 2. The molecule has 0 saturated carbocycles. The fourth-order valence-electron chi connectivity index (χ4n) is 16.8. The van der Waals surface area contributed by atoms with Gasteiger partial charge in [-0.15, -0.1) is 22.7 Å². The maximum absolute atomic E-state index is 15.5. The maximum Gasteiger partial charge on any atom is 0.262 e. The van der Waals surface area contributed by atoms with Gasteiger partial charge in [0.25, 0.3) is 5.91 Å². The maximum atomic E-state index is 15.5. The van der Waals surface area contributed by atoms with Crippen LogP contribution in [0.4, 0.5) is 0 Å². The number of carbonyl (C=O) groups excluding carboxylic acids is 14. The van der Waals surface area contributed by atoms with Crippen molar-refractivity contribution in [2.75, 3.05) is 46.3 Å². The van der Waals surface area contributed by atoms with E-state index in [0.717, 1.165) is 38.4 Å². The number of fused-ring (bicyclic) bond motifs is 7. The summed E-state index contributed by atoms with van der Waals surface area (Å²) in [6.07, 6.45) is 7.81. The summed E-state index contributed by atoms with van der Waals surface area (Å²) in [5, 5.41) is 32.0. The van der Waals surface area contributed by atoms with Crippen molar-refractivity contribution in [1.29, 1.82) is 0 Å². The number of carbonyl (C=O) groups is 14. The van der Waals surface area contributed by atoms with E-state index < -0.39 is 173 Å². The van der Waals surface area contributed by atoms with E-state index in [1.54, 1.807) is 76.8 Å². The van der Waals surface area contributed by atoms with Crippen LogP contribution >= 0.6 is 22.7 Å². The number of thiophene rings is 2. The first-order valence-electron chi connectivity index (χ1n) is 46.7. The van der Waals surface area contributed by atoms with Crippen molar-refractivity contribution in [1.82, 2.24) is 68.3 Å². The van der Waals surface area contributed by atoms with Crippen LogP contribution in [-0.4, -0.2) is 217 Å².